The highest BCUT2D eigenvalue weighted by atomic mass is 79.9. The van der Waals surface area contributed by atoms with Gasteiger partial charge in [-0.15, -0.1) is 0 Å². The summed E-state index contributed by atoms with van der Waals surface area (Å²) in [5.41, 5.74) is 6.41. The maximum Gasteiger partial charge on any atom is 0.186 e. The quantitative estimate of drug-likeness (QED) is 0.595. The van der Waals surface area contributed by atoms with Crippen LogP contribution in [0.4, 0.5) is 5.82 Å². The van der Waals surface area contributed by atoms with Gasteiger partial charge in [-0.3, -0.25) is 5.10 Å². The van der Waals surface area contributed by atoms with Gasteiger partial charge in [-0.1, -0.05) is 15.9 Å². The Bertz CT molecular complexity index is 517. The van der Waals surface area contributed by atoms with Crippen molar-refractivity contribution in [3.05, 3.63) is 12.0 Å². The first-order valence-electron chi connectivity index (χ1n) is 5.01. The Balaban J connectivity index is 2.42. The number of aromatic nitrogens is 4. The third-order valence-corrected chi connectivity index (χ3v) is 2.93. The van der Waals surface area contributed by atoms with Crippen LogP contribution < -0.4 is 5.73 Å². The fourth-order valence-corrected chi connectivity index (χ4v) is 2.05. The van der Waals surface area contributed by atoms with Gasteiger partial charge in [-0.2, -0.15) is 5.10 Å². The molecule has 2 aromatic rings. The number of nitrogens with two attached hydrogens (primary N) is 1. The molecule has 2 atom stereocenters. The number of alkyl halides is 1. The average Bonchev–Trinajstić information content (AvgIpc) is 2.73. The zero-order valence-corrected chi connectivity index (χ0v) is 10.4. The Morgan fingerprint density at radius 2 is 2.18 bits per heavy atom. The second-order valence-electron chi connectivity index (χ2n) is 3.58. The largest absolute Gasteiger partial charge is 0.390 e. The van der Waals surface area contributed by atoms with Gasteiger partial charge in [0.15, 0.2) is 5.65 Å². The van der Waals surface area contributed by atoms with Crippen LogP contribution >= 0.6 is 15.9 Å². The van der Waals surface area contributed by atoms with E-state index in [4.69, 9.17) is 5.73 Å². The number of halogens is 1. The normalized spacial score (nSPS) is 15.0. The lowest BCUT2D eigenvalue weighted by atomic mass is 10.1. The summed E-state index contributed by atoms with van der Waals surface area (Å²) >= 11 is 3.20. The predicted molar refractivity (Wildman–Crippen MR) is 65.5 cm³/mol. The van der Waals surface area contributed by atoms with Gasteiger partial charge in [0.2, 0.25) is 0 Å². The third kappa shape index (κ3) is 2.24. The number of aromatic amines is 1. The topological polar surface area (TPSA) is 121 Å². The first-order valence-corrected chi connectivity index (χ1v) is 6.13. The molecule has 0 aliphatic heterocycles. The highest BCUT2D eigenvalue weighted by molar-refractivity contribution is 9.09. The highest BCUT2D eigenvalue weighted by Crippen LogP contribution is 2.27. The van der Waals surface area contributed by atoms with E-state index >= 15 is 0 Å². The van der Waals surface area contributed by atoms with Crippen LogP contribution in [-0.2, 0) is 0 Å². The van der Waals surface area contributed by atoms with Crippen molar-refractivity contribution in [2.24, 2.45) is 0 Å². The number of hydrogen-bond acceptors (Lipinski definition) is 6. The molecular formula is C9H12BrN5O2. The SMILES string of the molecule is Nc1ncnc2n[nH]c(C(O)C(O)CCBr)c12. The van der Waals surface area contributed by atoms with Crippen molar-refractivity contribution in [1.29, 1.82) is 0 Å². The van der Waals surface area contributed by atoms with E-state index in [1.165, 1.54) is 6.33 Å². The number of H-pyrrole nitrogens is 1. The molecule has 0 saturated carbocycles. The van der Waals surface area contributed by atoms with Crippen molar-refractivity contribution in [2.75, 3.05) is 11.1 Å². The van der Waals surface area contributed by atoms with Crippen LogP contribution in [0.2, 0.25) is 0 Å². The molecule has 0 fully saturated rings. The second-order valence-corrected chi connectivity index (χ2v) is 4.38. The first kappa shape index (κ1) is 12.2. The van der Waals surface area contributed by atoms with Crippen LogP contribution in [0, 0.1) is 0 Å². The number of nitrogens with one attached hydrogen (secondary N) is 1. The minimum atomic E-state index is -1.09. The van der Waals surface area contributed by atoms with E-state index < -0.39 is 12.2 Å². The molecule has 7 nitrogen and oxygen atoms in total. The number of aliphatic hydroxyl groups excluding tert-OH is 2. The molecule has 0 spiro atoms. The van der Waals surface area contributed by atoms with E-state index in [2.05, 4.69) is 36.1 Å². The minimum Gasteiger partial charge on any atom is -0.390 e. The summed E-state index contributed by atoms with van der Waals surface area (Å²) in [6.07, 6.45) is -0.290. The maximum absolute atomic E-state index is 9.98. The molecule has 0 aromatic carbocycles. The number of nitrogens with zero attached hydrogens (tertiary/aromatic N) is 3. The van der Waals surface area contributed by atoms with Crippen LogP contribution in [0.5, 0.6) is 0 Å². The molecule has 2 unspecified atom stereocenters. The van der Waals surface area contributed by atoms with Crippen molar-refractivity contribution in [1.82, 2.24) is 20.2 Å². The number of hydrogen-bond donors (Lipinski definition) is 4. The van der Waals surface area contributed by atoms with Gasteiger partial charge < -0.3 is 15.9 Å². The Morgan fingerprint density at radius 1 is 1.41 bits per heavy atom. The maximum atomic E-state index is 9.98. The minimum absolute atomic E-state index is 0.226. The van der Waals surface area contributed by atoms with Gasteiger partial charge in [-0.25, -0.2) is 9.97 Å². The average molecular weight is 302 g/mol. The van der Waals surface area contributed by atoms with Crippen LogP contribution in [-0.4, -0.2) is 41.8 Å². The van der Waals surface area contributed by atoms with E-state index in [1.807, 2.05) is 0 Å². The fraction of sp³-hybridized carbons (Fsp3) is 0.444. The second kappa shape index (κ2) is 4.94. The molecule has 0 aliphatic rings. The van der Waals surface area contributed by atoms with Gasteiger partial charge in [0, 0.05) is 5.33 Å². The third-order valence-electron chi connectivity index (χ3n) is 2.47. The highest BCUT2D eigenvalue weighted by Gasteiger charge is 2.23. The number of rotatable bonds is 4. The van der Waals surface area contributed by atoms with Gasteiger partial charge in [-0.05, 0) is 6.42 Å². The lowest BCUT2D eigenvalue weighted by Gasteiger charge is -2.15. The van der Waals surface area contributed by atoms with E-state index in [0.717, 1.165) is 0 Å². The lowest BCUT2D eigenvalue weighted by molar-refractivity contribution is 0.0156. The van der Waals surface area contributed by atoms with E-state index in [-0.39, 0.29) is 5.82 Å². The van der Waals surface area contributed by atoms with Gasteiger partial charge in [0.1, 0.15) is 18.2 Å². The molecule has 2 heterocycles. The predicted octanol–water partition coefficient (Wildman–Crippen LogP) is 0.114. The molecule has 5 N–H and O–H groups in total. The van der Waals surface area contributed by atoms with Crippen molar-refractivity contribution in [3.63, 3.8) is 0 Å². The van der Waals surface area contributed by atoms with Crippen LogP contribution in [0.15, 0.2) is 6.33 Å². The Morgan fingerprint density at radius 3 is 2.88 bits per heavy atom. The van der Waals surface area contributed by atoms with Gasteiger partial charge >= 0.3 is 0 Å². The molecule has 8 heteroatoms. The smallest absolute Gasteiger partial charge is 0.186 e. The molecule has 0 aliphatic carbocycles. The monoisotopic (exact) mass is 301 g/mol. The van der Waals surface area contributed by atoms with Crippen LogP contribution in [0.25, 0.3) is 11.0 Å². The summed E-state index contributed by atoms with van der Waals surface area (Å²) in [6.45, 7) is 0. The lowest BCUT2D eigenvalue weighted by Crippen LogP contribution is -2.19. The van der Waals surface area contributed by atoms with E-state index in [9.17, 15) is 10.2 Å². The first-order chi connectivity index (χ1) is 8.15. The molecule has 0 saturated heterocycles. The van der Waals surface area contributed by atoms with Crippen molar-refractivity contribution in [3.8, 4) is 0 Å². The summed E-state index contributed by atoms with van der Waals surface area (Å²) < 4.78 is 0. The zero-order chi connectivity index (χ0) is 12.4. The molecule has 17 heavy (non-hydrogen) atoms. The Kier molecular flexibility index (Phi) is 3.55. The number of nitrogen functional groups attached to an aromatic ring is 1. The summed E-state index contributed by atoms with van der Waals surface area (Å²) in [5, 5.41) is 27.3. The van der Waals surface area contributed by atoms with E-state index in [0.29, 0.717) is 28.5 Å². The molecule has 0 radical (unpaired) electrons. The molecule has 0 amide bonds. The summed E-state index contributed by atoms with van der Waals surface area (Å²) in [4.78, 5) is 7.75. The van der Waals surface area contributed by atoms with Crippen LogP contribution in [0.1, 0.15) is 18.2 Å². The van der Waals surface area contributed by atoms with Gasteiger partial charge in [0.25, 0.3) is 0 Å². The summed E-state index contributed by atoms with van der Waals surface area (Å²) in [5.74, 6) is 0.226. The Labute approximate surface area is 105 Å². The zero-order valence-electron chi connectivity index (χ0n) is 8.84. The van der Waals surface area contributed by atoms with Gasteiger partial charge in [0.05, 0.1) is 17.2 Å². The van der Waals surface area contributed by atoms with Crippen LogP contribution in [0.3, 0.4) is 0 Å². The van der Waals surface area contributed by atoms with Crippen molar-refractivity contribution >= 4 is 32.8 Å². The molecule has 2 rings (SSSR count). The molecular weight excluding hydrogens is 290 g/mol. The summed E-state index contributed by atoms with van der Waals surface area (Å²) in [7, 11) is 0. The number of anilines is 1. The van der Waals surface area contributed by atoms with Crippen molar-refractivity contribution in [2.45, 2.75) is 18.6 Å². The van der Waals surface area contributed by atoms with E-state index in [1.54, 1.807) is 0 Å². The molecule has 92 valence electrons. The Hall–Kier alpha value is -1.25. The summed E-state index contributed by atoms with van der Waals surface area (Å²) in [6, 6.07) is 0. The molecule has 2 aromatic heterocycles. The number of fused-ring (bicyclic) bond motifs is 1. The molecule has 0 bridgehead atoms. The van der Waals surface area contributed by atoms with Crippen molar-refractivity contribution < 1.29 is 10.2 Å². The number of aliphatic hydroxyl groups is 2. The fourth-order valence-electron chi connectivity index (χ4n) is 1.58. The standard InChI is InChI=1S/C9H12BrN5O2/c10-2-1-4(16)7(17)6-5-8(11)12-3-13-9(5)15-14-6/h3-4,7,16-17H,1-2H2,(H3,11,12,13,14,15).